The first-order valence-electron chi connectivity index (χ1n) is 5.49. The van der Waals surface area contributed by atoms with Gasteiger partial charge in [-0.05, 0) is 31.1 Å². The van der Waals surface area contributed by atoms with E-state index in [0.717, 1.165) is 32.5 Å². The Morgan fingerprint density at radius 1 is 0.933 bits per heavy atom. The highest BCUT2D eigenvalue weighted by atomic mass is 32.2. The fraction of sp³-hybridized carbons (Fsp3) is 0.818. The number of ether oxygens (including phenoxy) is 2. The third-order valence-corrected chi connectivity index (χ3v) is 7.12. The van der Waals surface area contributed by atoms with E-state index in [2.05, 4.69) is 0 Å². The Bertz CT molecular complexity index is 275. The summed E-state index contributed by atoms with van der Waals surface area (Å²) < 4.78 is 10.8. The molecule has 0 N–H and O–H groups in total. The summed E-state index contributed by atoms with van der Waals surface area (Å²) in [6, 6.07) is 0. The Labute approximate surface area is 99.2 Å². The lowest BCUT2D eigenvalue weighted by Gasteiger charge is -2.34. The smallest absolute Gasteiger partial charge is 0.202 e. The second kappa shape index (κ2) is 3.81. The molecule has 0 saturated heterocycles. The van der Waals surface area contributed by atoms with Crippen molar-refractivity contribution in [1.82, 2.24) is 0 Å². The third-order valence-electron chi connectivity index (χ3n) is 3.79. The van der Waals surface area contributed by atoms with Crippen molar-refractivity contribution in [3.8, 4) is 0 Å². The predicted octanol–water partition coefficient (Wildman–Crippen LogP) is 3.05. The van der Waals surface area contributed by atoms with Crippen LogP contribution in [0.25, 0.3) is 0 Å². The van der Waals surface area contributed by atoms with E-state index in [1.54, 1.807) is 14.2 Å². The summed E-state index contributed by atoms with van der Waals surface area (Å²) in [5.41, 5.74) is 0. The molecular formula is C11H16O2S2. The van der Waals surface area contributed by atoms with Crippen molar-refractivity contribution < 1.29 is 9.47 Å². The molecule has 0 radical (unpaired) electrons. The fourth-order valence-electron chi connectivity index (χ4n) is 3.12. The van der Waals surface area contributed by atoms with E-state index < -0.39 is 0 Å². The zero-order chi connectivity index (χ0) is 10.4. The van der Waals surface area contributed by atoms with E-state index in [1.165, 1.54) is 19.3 Å². The molecule has 4 heteroatoms. The Hall–Kier alpha value is 0.0400. The summed E-state index contributed by atoms with van der Waals surface area (Å²) >= 11 is 3.82. The van der Waals surface area contributed by atoms with Gasteiger partial charge in [0.2, 0.25) is 10.2 Å². The van der Waals surface area contributed by atoms with Crippen LogP contribution in [0.3, 0.4) is 0 Å². The van der Waals surface area contributed by atoms with Crippen LogP contribution in [0, 0.1) is 11.8 Å². The molecule has 0 aromatic heterocycles. The van der Waals surface area contributed by atoms with E-state index in [9.17, 15) is 0 Å². The van der Waals surface area contributed by atoms with Gasteiger partial charge in [-0.15, -0.1) is 0 Å². The van der Waals surface area contributed by atoms with Crippen LogP contribution in [0.1, 0.15) is 19.3 Å². The van der Waals surface area contributed by atoms with Gasteiger partial charge in [-0.2, -0.15) is 0 Å². The van der Waals surface area contributed by atoms with Gasteiger partial charge in [-0.25, -0.2) is 0 Å². The summed E-state index contributed by atoms with van der Waals surface area (Å²) in [6.07, 6.45) is 4.29. The van der Waals surface area contributed by atoms with Crippen LogP contribution in [0.2, 0.25) is 0 Å². The van der Waals surface area contributed by atoms with Crippen LogP contribution < -0.4 is 0 Å². The van der Waals surface area contributed by atoms with E-state index in [1.807, 2.05) is 23.5 Å². The van der Waals surface area contributed by atoms with Gasteiger partial charge in [0.25, 0.3) is 0 Å². The molecule has 0 spiro atoms. The average Bonchev–Trinajstić information content (AvgIpc) is 2.88. The van der Waals surface area contributed by atoms with Gasteiger partial charge in [0.15, 0.2) is 0 Å². The quantitative estimate of drug-likeness (QED) is 0.743. The van der Waals surface area contributed by atoms with Crippen LogP contribution in [0.5, 0.6) is 0 Å². The molecule has 2 fully saturated rings. The molecule has 2 aliphatic carbocycles. The Balaban J connectivity index is 1.86. The van der Waals surface area contributed by atoms with E-state index in [0.29, 0.717) is 0 Å². The number of hydrogen-bond acceptors (Lipinski definition) is 4. The first-order chi connectivity index (χ1) is 7.33. The second-order valence-electron chi connectivity index (χ2n) is 4.48. The number of methoxy groups -OCH3 is 2. The van der Waals surface area contributed by atoms with Gasteiger partial charge in [-0.1, -0.05) is 23.5 Å². The number of thioether (sulfide) groups is 2. The molecular weight excluding hydrogens is 228 g/mol. The molecule has 2 bridgehead atoms. The first kappa shape index (κ1) is 10.2. The maximum absolute atomic E-state index is 5.41. The molecule has 4 atom stereocenters. The molecule has 2 nitrogen and oxygen atoms in total. The molecule has 2 saturated carbocycles. The predicted molar refractivity (Wildman–Crippen MR) is 64.6 cm³/mol. The zero-order valence-corrected chi connectivity index (χ0v) is 10.7. The molecule has 0 aromatic rings. The maximum Gasteiger partial charge on any atom is 0.202 e. The summed E-state index contributed by atoms with van der Waals surface area (Å²) in [7, 11) is 3.49. The highest BCUT2D eigenvalue weighted by Crippen LogP contribution is 2.60. The largest absolute Gasteiger partial charge is 0.487 e. The minimum Gasteiger partial charge on any atom is -0.487 e. The summed E-state index contributed by atoms with van der Waals surface area (Å²) in [6.45, 7) is 0. The zero-order valence-electron chi connectivity index (χ0n) is 9.06. The molecule has 0 aromatic carbocycles. The summed E-state index contributed by atoms with van der Waals surface area (Å²) in [5.74, 6) is 1.86. The lowest BCUT2D eigenvalue weighted by atomic mass is 10.00. The monoisotopic (exact) mass is 244 g/mol. The minimum atomic E-state index is 0.780. The lowest BCUT2D eigenvalue weighted by Crippen LogP contribution is -2.30. The van der Waals surface area contributed by atoms with E-state index >= 15 is 0 Å². The third kappa shape index (κ3) is 1.48. The number of fused-ring (bicyclic) bond motifs is 5. The molecule has 1 heterocycles. The Kier molecular flexibility index (Phi) is 2.59. The number of hydrogen-bond donors (Lipinski definition) is 0. The SMILES string of the molecule is COC1=C(OC)SC2C3CCC(C3)C2S1. The summed E-state index contributed by atoms with van der Waals surface area (Å²) in [5, 5.41) is 3.55. The van der Waals surface area contributed by atoms with Crippen LogP contribution >= 0.6 is 23.5 Å². The van der Waals surface area contributed by atoms with Gasteiger partial charge >= 0.3 is 0 Å². The molecule has 0 amide bonds. The lowest BCUT2D eigenvalue weighted by molar-refractivity contribution is 0.263. The van der Waals surface area contributed by atoms with Crippen LogP contribution in [-0.4, -0.2) is 24.7 Å². The van der Waals surface area contributed by atoms with Gasteiger partial charge in [0.05, 0.1) is 14.2 Å². The van der Waals surface area contributed by atoms with Crippen molar-refractivity contribution >= 4 is 23.5 Å². The van der Waals surface area contributed by atoms with Crippen molar-refractivity contribution in [2.75, 3.05) is 14.2 Å². The van der Waals surface area contributed by atoms with Crippen molar-refractivity contribution in [1.29, 1.82) is 0 Å². The van der Waals surface area contributed by atoms with Crippen molar-refractivity contribution in [3.05, 3.63) is 10.2 Å². The molecule has 4 unspecified atom stereocenters. The van der Waals surface area contributed by atoms with Gasteiger partial charge in [0.1, 0.15) is 0 Å². The Morgan fingerprint density at radius 2 is 1.40 bits per heavy atom. The molecule has 1 aliphatic heterocycles. The van der Waals surface area contributed by atoms with Crippen molar-refractivity contribution in [3.63, 3.8) is 0 Å². The van der Waals surface area contributed by atoms with Gasteiger partial charge in [0, 0.05) is 10.5 Å². The van der Waals surface area contributed by atoms with Gasteiger partial charge < -0.3 is 9.47 Å². The standard InChI is InChI=1S/C11H16O2S2/c1-12-10-11(13-2)15-9-7-4-3-6(5-7)8(9)14-10/h6-9H,3-5H2,1-2H3. The minimum absolute atomic E-state index is 0.780. The molecule has 3 aliphatic rings. The molecule has 15 heavy (non-hydrogen) atoms. The second-order valence-corrected chi connectivity index (χ2v) is 6.78. The topological polar surface area (TPSA) is 18.5 Å². The van der Waals surface area contributed by atoms with Crippen LogP contribution in [-0.2, 0) is 9.47 Å². The summed E-state index contributed by atoms with van der Waals surface area (Å²) in [4.78, 5) is 0. The van der Waals surface area contributed by atoms with E-state index in [-0.39, 0.29) is 0 Å². The van der Waals surface area contributed by atoms with Crippen LogP contribution in [0.15, 0.2) is 10.2 Å². The Morgan fingerprint density at radius 3 is 1.80 bits per heavy atom. The molecule has 3 rings (SSSR count). The van der Waals surface area contributed by atoms with E-state index in [4.69, 9.17) is 9.47 Å². The number of rotatable bonds is 2. The van der Waals surface area contributed by atoms with Crippen molar-refractivity contribution in [2.45, 2.75) is 29.8 Å². The van der Waals surface area contributed by atoms with Crippen LogP contribution in [0.4, 0.5) is 0 Å². The van der Waals surface area contributed by atoms with Crippen molar-refractivity contribution in [2.24, 2.45) is 11.8 Å². The first-order valence-corrected chi connectivity index (χ1v) is 7.25. The van der Waals surface area contributed by atoms with Gasteiger partial charge in [-0.3, -0.25) is 0 Å². The highest BCUT2D eigenvalue weighted by Gasteiger charge is 2.51. The molecule has 84 valence electrons. The maximum atomic E-state index is 5.41. The fourth-order valence-corrected chi connectivity index (χ4v) is 6.38. The highest BCUT2D eigenvalue weighted by molar-refractivity contribution is 8.10. The normalized spacial score (nSPS) is 43.1. The average molecular weight is 244 g/mol.